The number of carbonyl (C=O) groups excluding carboxylic acids is 1. The second kappa shape index (κ2) is 6.16. The zero-order valence-corrected chi connectivity index (χ0v) is 12.9. The third-order valence-electron chi connectivity index (χ3n) is 3.56. The van der Waals surface area contributed by atoms with Gasteiger partial charge in [-0.25, -0.2) is 9.37 Å². The normalized spacial score (nSPS) is 12.3. The third kappa shape index (κ3) is 3.36. The van der Waals surface area contributed by atoms with Crippen LogP contribution in [0.3, 0.4) is 0 Å². The standard InChI is InChI=1S/C17H17FN4O/c1-10(8-13-9-11(2)21-22-13)19-17(23)15-7-6-12-4-3-5-14(18)16(12)20-15/h3-7,9-10H,8H2,1-2H3,(H,19,23)(H,21,22)/t10-/m0/s1. The van der Waals surface area contributed by atoms with Crippen molar-refractivity contribution in [3.05, 3.63) is 59.3 Å². The molecule has 1 atom stereocenters. The number of hydrogen-bond donors (Lipinski definition) is 2. The molecule has 3 rings (SSSR count). The number of fused-ring (bicyclic) bond motifs is 1. The van der Waals surface area contributed by atoms with Crippen molar-refractivity contribution < 1.29 is 9.18 Å². The summed E-state index contributed by atoms with van der Waals surface area (Å²) in [5.74, 6) is -0.757. The molecule has 5 nitrogen and oxygen atoms in total. The number of hydrogen-bond acceptors (Lipinski definition) is 3. The lowest BCUT2D eigenvalue weighted by atomic mass is 10.1. The Labute approximate surface area is 132 Å². The van der Waals surface area contributed by atoms with Gasteiger partial charge in [0, 0.05) is 23.5 Å². The number of carbonyl (C=O) groups is 1. The summed E-state index contributed by atoms with van der Waals surface area (Å²) < 4.78 is 13.8. The molecule has 0 radical (unpaired) electrons. The number of rotatable bonds is 4. The van der Waals surface area contributed by atoms with Gasteiger partial charge in [-0.2, -0.15) is 5.10 Å². The number of nitrogens with one attached hydrogen (secondary N) is 2. The number of H-pyrrole nitrogens is 1. The highest BCUT2D eigenvalue weighted by Gasteiger charge is 2.14. The second-order valence-electron chi connectivity index (χ2n) is 5.63. The molecule has 2 aromatic heterocycles. The maximum atomic E-state index is 13.8. The Morgan fingerprint density at radius 2 is 2.17 bits per heavy atom. The van der Waals surface area contributed by atoms with Gasteiger partial charge in [0.05, 0.1) is 5.69 Å². The van der Waals surface area contributed by atoms with Crippen LogP contribution < -0.4 is 5.32 Å². The van der Waals surface area contributed by atoms with E-state index in [-0.39, 0.29) is 23.2 Å². The summed E-state index contributed by atoms with van der Waals surface area (Å²) in [5.41, 5.74) is 2.27. The molecule has 0 spiro atoms. The van der Waals surface area contributed by atoms with Crippen LogP contribution in [0.15, 0.2) is 36.4 Å². The van der Waals surface area contributed by atoms with Crippen LogP contribution in [0.5, 0.6) is 0 Å². The van der Waals surface area contributed by atoms with E-state index in [2.05, 4.69) is 20.5 Å². The summed E-state index contributed by atoms with van der Waals surface area (Å²) in [6, 6.07) is 9.84. The number of aromatic amines is 1. The Bertz CT molecular complexity index is 859. The minimum absolute atomic E-state index is 0.108. The molecule has 0 aliphatic rings. The number of nitrogens with zero attached hydrogens (tertiary/aromatic N) is 2. The van der Waals surface area contributed by atoms with Crippen LogP contribution >= 0.6 is 0 Å². The lowest BCUT2D eigenvalue weighted by Gasteiger charge is -2.12. The van der Waals surface area contributed by atoms with Crippen LogP contribution in [0.4, 0.5) is 4.39 Å². The van der Waals surface area contributed by atoms with Gasteiger partial charge in [-0.1, -0.05) is 18.2 Å². The maximum absolute atomic E-state index is 13.8. The average molecular weight is 312 g/mol. The Morgan fingerprint density at radius 3 is 2.91 bits per heavy atom. The Hall–Kier alpha value is -2.76. The predicted octanol–water partition coefficient (Wildman–Crippen LogP) is 2.77. The molecule has 118 valence electrons. The van der Waals surface area contributed by atoms with Crippen LogP contribution in [0.2, 0.25) is 0 Å². The molecule has 2 N–H and O–H groups in total. The summed E-state index contributed by atoms with van der Waals surface area (Å²) in [4.78, 5) is 16.4. The van der Waals surface area contributed by atoms with Gasteiger partial charge in [0.15, 0.2) is 0 Å². The third-order valence-corrected chi connectivity index (χ3v) is 3.56. The lowest BCUT2D eigenvalue weighted by Crippen LogP contribution is -2.34. The van der Waals surface area contributed by atoms with Crippen molar-refractivity contribution in [3.63, 3.8) is 0 Å². The van der Waals surface area contributed by atoms with Gasteiger partial charge in [0.1, 0.15) is 17.0 Å². The zero-order valence-electron chi connectivity index (χ0n) is 12.9. The highest BCUT2D eigenvalue weighted by Crippen LogP contribution is 2.16. The highest BCUT2D eigenvalue weighted by atomic mass is 19.1. The fourth-order valence-electron chi connectivity index (χ4n) is 2.48. The molecule has 23 heavy (non-hydrogen) atoms. The second-order valence-corrected chi connectivity index (χ2v) is 5.63. The molecule has 0 fully saturated rings. The van der Waals surface area contributed by atoms with Crippen LogP contribution in [0.25, 0.3) is 10.9 Å². The molecule has 0 aliphatic heterocycles. The summed E-state index contributed by atoms with van der Waals surface area (Å²) in [6.45, 7) is 3.82. The summed E-state index contributed by atoms with van der Waals surface area (Å²) in [6.07, 6.45) is 0.609. The molecule has 3 aromatic rings. The smallest absolute Gasteiger partial charge is 0.270 e. The van der Waals surface area contributed by atoms with Crippen molar-refractivity contribution in [1.82, 2.24) is 20.5 Å². The minimum Gasteiger partial charge on any atom is -0.348 e. The molecule has 6 heteroatoms. The molecule has 0 unspecified atom stereocenters. The van der Waals surface area contributed by atoms with Crippen molar-refractivity contribution in [2.45, 2.75) is 26.3 Å². The minimum atomic E-state index is -0.433. The number of halogens is 1. The highest BCUT2D eigenvalue weighted by molar-refractivity contribution is 5.95. The number of para-hydroxylation sites is 1. The van der Waals surface area contributed by atoms with Crippen molar-refractivity contribution in [1.29, 1.82) is 0 Å². The number of aromatic nitrogens is 3. The van der Waals surface area contributed by atoms with Gasteiger partial charge in [-0.15, -0.1) is 0 Å². The fraction of sp³-hybridized carbons (Fsp3) is 0.235. The monoisotopic (exact) mass is 312 g/mol. The van der Waals surface area contributed by atoms with Crippen LogP contribution in [0, 0.1) is 12.7 Å². The van der Waals surface area contributed by atoms with E-state index in [1.165, 1.54) is 6.07 Å². The van der Waals surface area contributed by atoms with Gasteiger partial charge in [0.2, 0.25) is 0 Å². The predicted molar refractivity (Wildman–Crippen MR) is 85.7 cm³/mol. The summed E-state index contributed by atoms with van der Waals surface area (Å²) in [7, 11) is 0. The van der Waals surface area contributed by atoms with Gasteiger partial charge in [-0.05, 0) is 32.0 Å². The quantitative estimate of drug-likeness (QED) is 0.778. The van der Waals surface area contributed by atoms with Crippen molar-refractivity contribution in [2.24, 2.45) is 0 Å². The maximum Gasteiger partial charge on any atom is 0.270 e. The lowest BCUT2D eigenvalue weighted by molar-refractivity contribution is 0.0935. The average Bonchev–Trinajstić information content (AvgIpc) is 2.92. The van der Waals surface area contributed by atoms with Crippen LogP contribution in [-0.4, -0.2) is 27.1 Å². The Kier molecular flexibility index (Phi) is 4.06. The molecule has 0 bridgehead atoms. The van der Waals surface area contributed by atoms with E-state index in [9.17, 15) is 9.18 Å². The Balaban J connectivity index is 1.73. The first-order valence-corrected chi connectivity index (χ1v) is 7.40. The van der Waals surface area contributed by atoms with E-state index in [0.717, 1.165) is 11.4 Å². The topological polar surface area (TPSA) is 70.7 Å². The number of aryl methyl sites for hydroxylation is 1. The first kappa shape index (κ1) is 15.1. The largest absolute Gasteiger partial charge is 0.348 e. The first-order chi connectivity index (χ1) is 11.0. The fourth-order valence-corrected chi connectivity index (χ4v) is 2.48. The molecular formula is C17H17FN4O. The molecule has 2 heterocycles. The van der Waals surface area contributed by atoms with Crippen molar-refractivity contribution >= 4 is 16.8 Å². The van der Waals surface area contributed by atoms with Gasteiger partial charge in [0.25, 0.3) is 5.91 Å². The van der Waals surface area contributed by atoms with E-state index in [1.807, 2.05) is 19.9 Å². The summed E-state index contributed by atoms with van der Waals surface area (Å²) >= 11 is 0. The van der Waals surface area contributed by atoms with Crippen LogP contribution in [0.1, 0.15) is 28.8 Å². The van der Waals surface area contributed by atoms with E-state index in [4.69, 9.17) is 0 Å². The zero-order chi connectivity index (χ0) is 16.4. The number of amides is 1. The van der Waals surface area contributed by atoms with E-state index in [1.54, 1.807) is 24.3 Å². The van der Waals surface area contributed by atoms with E-state index >= 15 is 0 Å². The van der Waals surface area contributed by atoms with Gasteiger partial charge in [-0.3, -0.25) is 9.89 Å². The molecule has 1 amide bonds. The molecule has 0 aliphatic carbocycles. The first-order valence-electron chi connectivity index (χ1n) is 7.40. The summed E-state index contributed by atoms with van der Waals surface area (Å²) in [5, 5.41) is 10.5. The molecule has 0 saturated heterocycles. The van der Waals surface area contributed by atoms with Crippen molar-refractivity contribution in [2.75, 3.05) is 0 Å². The van der Waals surface area contributed by atoms with E-state index in [0.29, 0.717) is 11.8 Å². The Morgan fingerprint density at radius 1 is 1.35 bits per heavy atom. The molecule has 0 saturated carbocycles. The van der Waals surface area contributed by atoms with Crippen molar-refractivity contribution in [3.8, 4) is 0 Å². The number of pyridine rings is 1. The SMILES string of the molecule is Cc1cc(C[C@H](C)NC(=O)c2ccc3cccc(F)c3n2)n[nH]1. The molecule has 1 aromatic carbocycles. The van der Waals surface area contributed by atoms with E-state index < -0.39 is 5.82 Å². The van der Waals surface area contributed by atoms with Crippen LogP contribution in [-0.2, 0) is 6.42 Å². The molecular weight excluding hydrogens is 295 g/mol. The van der Waals surface area contributed by atoms with Gasteiger partial charge >= 0.3 is 0 Å². The van der Waals surface area contributed by atoms with Gasteiger partial charge < -0.3 is 5.32 Å². The number of benzene rings is 1.